The summed E-state index contributed by atoms with van der Waals surface area (Å²) < 4.78 is 141. The maximum Gasteiger partial charge on any atom is 0.179 e. The lowest BCUT2D eigenvalue weighted by Gasteiger charge is -2.34. The Balaban J connectivity index is 1.14. The number of para-hydroxylation sites is 1. The fraction of sp³-hybridized carbons (Fsp3) is 0.100. The van der Waals surface area contributed by atoms with Gasteiger partial charge >= 0.3 is 0 Å². The van der Waals surface area contributed by atoms with Crippen molar-refractivity contribution in [3.63, 3.8) is 0 Å². The summed E-state index contributed by atoms with van der Waals surface area (Å²) in [5.41, 5.74) is 8.83. The molecule has 9 aromatic carbocycles. The third kappa shape index (κ3) is 6.13. The molecular formula is C60H48N2Si. The Kier molecular flexibility index (Phi) is 6.20. The Bertz CT molecular complexity index is 4060. The van der Waals surface area contributed by atoms with Crippen molar-refractivity contribution < 1.29 is 20.6 Å². The van der Waals surface area contributed by atoms with Gasteiger partial charge in [-0.1, -0.05) is 189 Å². The largest absolute Gasteiger partial charge is 0.309 e. The van der Waals surface area contributed by atoms with Crippen LogP contribution in [0, 0.1) is 0 Å². The van der Waals surface area contributed by atoms with Gasteiger partial charge in [0.2, 0.25) is 0 Å². The van der Waals surface area contributed by atoms with E-state index in [1.165, 1.54) is 24.8 Å². The number of hydrogen-bond acceptors (Lipinski definition) is 0. The molecule has 302 valence electrons. The first kappa shape index (κ1) is 25.0. The first-order valence-electron chi connectivity index (χ1n) is 29.0. The van der Waals surface area contributed by atoms with Gasteiger partial charge in [0, 0.05) is 27.2 Å². The second-order valence-electron chi connectivity index (χ2n) is 16.4. The lowest BCUT2D eigenvalue weighted by molar-refractivity contribution is 0.444. The third-order valence-corrected chi connectivity index (χ3v) is 17.3. The van der Waals surface area contributed by atoms with Crippen molar-refractivity contribution in [2.45, 2.75) is 38.0 Å². The molecule has 1 aliphatic rings. The molecule has 1 saturated carbocycles. The van der Waals surface area contributed by atoms with Gasteiger partial charge in [-0.2, -0.15) is 0 Å². The molecule has 63 heavy (non-hydrogen) atoms. The van der Waals surface area contributed by atoms with Gasteiger partial charge in [0.25, 0.3) is 0 Å². The molecular weight excluding hydrogens is 777 g/mol. The summed E-state index contributed by atoms with van der Waals surface area (Å²) in [7, 11) is -5.29. The Morgan fingerprint density at radius 3 is 1.65 bits per heavy atom. The van der Waals surface area contributed by atoms with E-state index in [2.05, 4.69) is 69.8 Å². The van der Waals surface area contributed by atoms with Crippen LogP contribution in [-0.2, 0) is 0 Å². The van der Waals surface area contributed by atoms with E-state index in [1.807, 2.05) is 48.5 Å². The van der Waals surface area contributed by atoms with Crippen molar-refractivity contribution in [3.05, 3.63) is 230 Å². The molecule has 0 radical (unpaired) electrons. The maximum absolute atomic E-state index is 9.49. The molecule has 11 aromatic rings. The van der Waals surface area contributed by atoms with Crippen LogP contribution in [0.3, 0.4) is 0 Å². The van der Waals surface area contributed by atoms with Crippen molar-refractivity contribution in [1.29, 1.82) is 0 Å². The zero-order chi connectivity index (χ0) is 54.8. The first-order valence-corrected chi connectivity index (χ1v) is 23.5. The van der Waals surface area contributed by atoms with E-state index in [-0.39, 0.29) is 5.19 Å². The Labute approximate surface area is 391 Å². The fourth-order valence-electron chi connectivity index (χ4n) is 10.2. The highest BCUT2D eigenvalue weighted by Gasteiger charge is 2.41. The first-order chi connectivity index (χ1) is 37.5. The molecule has 2 aromatic heterocycles. The molecule has 0 unspecified atom stereocenters. The van der Waals surface area contributed by atoms with E-state index in [4.69, 9.17) is 12.3 Å². The van der Waals surface area contributed by atoms with Crippen LogP contribution in [0.2, 0.25) is 0 Å². The van der Waals surface area contributed by atoms with Gasteiger partial charge in [-0.25, -0.2) is 0 Å². The zero-order valence-electron chi connectivity index (χ0n) is 49.2. The average molecular weight is 840 g/mol. The predicted molar refractivity (Wildman–Crippen MR) is 270 cm³/mol. The molecule has 0 aliphatic heterocycles. The molecule has 0 spiro atoms. The minimum Gasteiger partial charge on any atom is -0.309 e. The van der Waals surface area contributed by atoms with Gasteiger partial charge in [0.1, 0.15) is 0 Å². The zero-order valence-corrected chi connectivity index (χ0v) is 35.2. The quantitative estimate of drug-likeness (QED) is 0.107. The Morgan fingerprint density at radius 2 is 0.984 bits per heavy atom. The minimum atomic E-state index is -5.29. The van der Waals surface area contributed by atoms with Crippen molar-refractivity contribution in [2.75, 3.05) is 0 Å². The molecule has 1 fully saturated rings. The van der Waals surface area contributed by atoms with Gasteiger partial charge in [0.05, 0.1) is 48.3 Å². The van der Waals surface area contributed by atoms with Crippen molar-refractivity contribution in [1.82, 2.24) is 9.13 Å². The molecule has 2 nitrogen and oxygen atoms in total. The van der Waals surface area contributed by atoms with E-state index in [0.717, 1.165) is 73.3 Å². The normalized spacial score (nSPS) is 17.0. The van der Waals surface area contributed by atoms with Crippen LogP contribution in [-0.4, -0.2) is 17.2 Å². The summed E-state index contributed by atoms with van der Waals surface area (Å²) in [5, 5.41) is 2.60. The summed E-state index contributed by atoms with van der Waals surface area (Å²) in [6.07, 6.45) is 6.02. The van der Waals surface area contributed by atoms with E-state index in [1.54, 1.807) is 24.3 Å². The van der Waals surface area contributed by atoms with Crippen LogP contribution in [0.4, 0.5) is 0 Å². The monoisotopic (exact) mass is 839 g/mol. The molecule has 2 heterocycles. The summed E-state index contributed by atoms with van der Waals surface area (Å²) in [5.74, 6) is 0.492. The van der Waals surface area contributed by atoms with Gasteiger partial charge in [-0.15, -0.1) is 0 Å². The van der Waals surface area contributed by atoms with Crippen molar-refractivity contribution in [3.8, 4) is 22.5 Å². The predicted octanol–water partition coefficient (Wildman–Crippen LogP) is 13.0. The summed E-state index contributed by atoms with van der Waals surface area (Å²) in [4.78, 5) is 0. The second kappa shape index (κ2) is 15.6. The van der Waals surface area contributed by atoms with Crippen LogP contribution in [0.15, 0.2) is 224 Å². The SMILES string of the molecule is [2H]c1c([2H])c([2H])c([Si](c2ccc(-n3c4ccccc4c4c(-n5c6ccc(-c7ccccc7)cc6c6cc(C7CCCCC7)ccc65)cccc43)cc2)(c2c([2H])c([2H])c([2H])c([2H])c2[2H])c2c([2H])c([2H])c([2H])c([2H])c2[2H])c([2H])c1[2H]. The topological polar surface area (TPSA) is 9.86 Å². The number of nitrogens with zero attached hydrogens (tertiary/aromatic N) is 2. The van der Waals surface area contributed by atoms with E-state index in [0.29, 0.717) is 11.6 Å². The minimum absolute atomic E-state index is 0.0380. The second-order valence-corrected chi connectivity index (χ2v) is 19.9. The van der Waals surface area contributed by atoms with Crippen LogP contribution < -0.4 is 20.7 Å². The summed E-state index contributed by atoms with van der Waals surface area (Å²) in [6.45, 7) is 0. The van der Waals surface area contributed by atoms with Gasteiger partial charge in [-0.05, 0) is 111 Å². The molecule has 0 saturated heterocycles. The molecule has 1 aliphatic carbocycles. The standard InChI is InChI=1S/C60H48N2Si/c1-6-19-43(20-7-1)45-33-39-56-53(41-45)54-42-46(44-21-8-2-9-22-44)34-40-57(54)62(56)59-32-18-31-58-60(59)52-29-16-17-30-55(52)61(58)47-35-37-51(38-36-47)63(48-23-10-3-11-24-48,49-25-12-4-13-26-49)50-27-14-5-15-28-50/h1,3-7,10-20,23-42,44H,2,8-9,21-22H2/i3D,4D,5D,10D,11D,12D,13D,14D,15D,23D,24D,25D,26D,27D,28D. The van der Waals surface area contributed by atoms with Gasteiger partial charge in [-0.3, -0.25) is 0 Å². The van der Waals surface area contributed by atoms with Gasteiger partial charge < -0.3 is 9.13 Å². The number of fused-ring (bicyclic) bond motifs is 6. The van der Waals surface area contributed by atoms with Crippen LogP contribution >= 0.6 is 0 Å². The summed E-state index contributed by atoms with van der Waals surface area (Å²) >= 11 is 0. The molecule has 0 amide bonds. The van der Waals surface area contributed by atoms with Crippen molar-refractivity contribution >= 4 is 72.4 Å². The Morgan fingerprint density at radius 1 is 0.413 bits per heavy atom. The lowest BCUT2D eigenvalue weighted by Crippen LogP contribution is -2.74. The maximum atomic E-state index is 9.49. The fourth-order valence-corrected chi connectivity index (χ4v) is 14.0. The van der Waals surface area contributed by atoms with Crippen LogP contribution in [0.25, 0.3) is 66.1 Å². The average Bonchev–Trinajstić information content (AvgIpc) is 3.87. The highest BCUT2D eigenvalue weighted by atomic mass is 28.3. The number of hydrogen-bond donors (Lipinski definition) is 0. The third-order valence-electron chi connectivity index (χ3n) is 13.1. The van der Waals surface area contributed by atoms with E-state index < -0.39 is 114 Å². The smallest absolute Gasteiger partial charge is 0.179 e. The van der Waals surface area contributed by atoms with Crippen molar-refractivity contribution in [2.24, 2.45) is 0 Å². The highest BCUT2D eigenvalue weighted by molar-refractivity contribution is 7.19. The molecule has 0 bridgehead atoms. The van der Waals surface area contributed by atoms with E-state index in [9.17, 15) is 8.22 Å². The number of rotatable bonds is 8. The Hall–Kier alpha value is -7.20. The molecule has 0 N–H and O–H groups in total. The number of benzene rings is 9. The van der Waals surface area contributed by atoms with Crippen LogP contribution in [0.5, 0.6) is 0 Å². The van der Waals surface area contributed by atoms with Crippen LogP contribution in [0.1, 0.15) is 64.1 Å². The lowest BCUT2D eigenvalue weighted by atomic mass is 9.83. The molecule has 0 atom stereocenters. The highest BCUT2D eigenvalue weighted by Crippen LogP contribution is 2.42. The van der Waals surface area contributed by atoms with Gasteiger partial charge in [0.15, 0.2) is 8.07 Å². The summed E-state index contributed by atoms with van der Waals surface area (Å²) in [6, 6.07) is 32.6. The number of aromatic nitrogens is 2. The molecule has 12 rings (SSSR count). The molecule has 3 heteroatoms. The van der Waals surface area contributed by atoms with E-state index >= 15 is 0 Å².